The largest absolute Gasteiger partial charge is 0.396 e. The molecule has 3 aromatic carbocycles. The Morgan fingerprint density at radius 2 is 1.60 bits per heavy atom. The van der Waals surface area contributed by atoms with Crippen LogP contribution in [-0.4, -0.2) is 16.1 Å². The molecule has 0 spiro atoms. The van der Waals surface area contributed by atoms with Gasteiger partial charge in [0, 0.05) is 17.3 Å². The van der Waals surface area contributed by atoms with Gasteiger partial charge in [0.15, 0.2) is 0 Å². The van der Waals surface area contributed by atoms with Gasteiger partial charge in [-0.25, -0.2) is 4.39 Å². The minimum absolute atomic E-state index is 0.000322. The van der Waals surface area contributed by atoms with Gasteiger partial charge in [0.05, 0.1) is 32.2 Å². The van der Waals surface area contributed by atoms with E-state index >= 15 is 0 Å². The first kappa shape index (κ1) is 25.9. The molecule has 0 heterocycles. The smallest absolute Gasteiger partial charge is 0.257 e. The molecule has 0 aliphatic heterocycles. The molecule has 1 aliphatic carbocycles. The van der Waals surface area contributed by atoms with Crippen molar-refractivity contribution in [2.24, 2.45) is 5.92 Å². The third-order valence-corrected chi connectivity index (χ3v) is 7.72. The predicted octanol–water partition coefficient (Wildman–Crippen LogP) is 7.45. The number of nitrogen functional groups attached to an aromatic ring is 1. The van der Waals surface area contributed by atoms with E-state index in [1.165, 1.54) is 24.3 Å². The molecule has 3 aromatic rings. The Hall–Kier alpha value is -2.22. The molecule has 11 heteroatoms. The summed E-state index contributed by atoms with van der Waals surface area (Å²) in [5.41, 5.74) is 7.33. The molecular weight excluding hydrogens is 559 g/mol. The van der Waals surface area contributed by atoms with Crippen LogP contribution in [0.5, 0.6) is 0 Å². The monoisotopic (exact) mass is 573 g/mol. The highest BCUT2D eigenvalue weighted by atomic mass is 35.5. The van der Waals surface area contributed by atoms with Crippen molar-refractivity contribution in [1.29, 1.82) is 0 Å². The van der Waals surface area contributed by atoms with Gasteiger partial charge in [0.25, 0.3) is 5.91 Å². The highest BCUT2D eigenvalue weighted by Crippen LogP contribution is 2.65. The lowest BCUT2D eigenvalue weighted by Crippen LogP contribution is -2.18. The number of aryl methyl sites for hydroxylation is 1. The van der Waals surface area contributed by atoms with Gasteiger partial charge in [-0.05, 0) is 60.5 Å². The van der Waals surface area contributed by atoms with Crippen molar-refractivity contribution < 1.29 is 14.0 Å². The molecule has 35 heavy (non-hydrogen) atoms. The molecule has 1 saturated carbocycles. The van der Waals surface area contributed by atoms with Crippen molar-refractivity contribution >= 4 is 86.9 Å². The number of nitrogens with one attached hydrogen (secondary N) is 2. The van der Waals surface area contributed by atoms with Crippen LogP contribution < -0.4 is 16.4 Å². The van der Waals surface area contributed by atoms with E-state index in [1.54, 1.807) is 25.1 Å². The van der Waals surface area contributed by atoms with Crippen LogP contribution in [0, 0.1) is 18.7 Å². The average Bonchev–Trinajstić information content (AvgIpc) is 3.37. The highest BCUT2D eigenvalue weighted by molar-refractivity contribution is 6.53. The van der Waals surface area contributed by atoms with E-state index in [-0.39, 0.29) is 22.0 Å². The Bertz CT molecular complexity index is 1340. The average molecular weight is 576 g/mol. The number of nitrogens with two attached hydrogens (primary N) is 1. The molecule has 0 bridgehead atoms. The number of alkyl halides is 2. The molecule has 2 unspecified atom stereocenters. The first-order valence-corrected chi connectivity index (χ1v) is 12.1. The van der Waals surface area contributed by atoms with Crippen LogP contribution in [0.4, 0.5) is 21.5 Å². The van der Waals surface area contributed by atoms with Crippen molar-refractivity contribution in [1.82, 2.24) is 0 Å². The van der Waals surface area contributed by atoms with Crippen LogP contribution in [0.15, 0.2) is 48.5 Å². The Labute approximate surface area is 225 Å². The van der Waals surface area contributed by atoms with Crippen LogP contribution in [0.1, 0.15) is 27.4 Å². The first-order valence-electron chi connectivity index (χ1n) is 10.2. The van der Waals surface area contributed by atoms with Crippen molar-refractivity contribution in [2.45, 2.75) is 17.2 Å². The summed E-state index contributed by atoms with van der Waals surface area (Å²) in [6.07, 6.45) is 0. The number of anilines is 3. The number of halogens is 6. The maximum atomic E-state index is 13.9. The topological polar surface area (TPSA) is 84.2 Å². The molecule has 0 aromatic heterocycles. The molecular formula is C24H17Cl5FN3O2. The van der Waals surface area contributed by atoms with Crippen LogP contribution in [0.3, 0.4) is 0 Å². The molecule has 0 radical (unpaired) electrons. The summed E-state index contributed by atoms with van der Waals surface area (Å²) in [6, 6.07) is 12.0. The van der Waals surface area contributed by atoms with Crippen LogP contribution >= 0.6 is 58.0 Å². The second-order valence-corrected chi connectivity index (χ2v) is 10.8. The summed E-state index contributed by atoms with van der Waals surface area (Å²) in [5.74, 6) is -2.97. The van der Waals surface area contributed by atoms with Crippen molar-refractivity contribution in [3.05, 3.63) is 86.1 Å². The summed E-state index contributed by atoms with van der Waals surface area (Å²) in [5, 5.41) is 6.12. The number of hydrogen-bond donors (Lipinski definition) is 3. The Kier molecular flexibility index (Phi) is 7.15. The fourth-order valence-corrected chi connectivity index (χ4v) is 5.13. The van der Waals surface area contributed by atoms with Gasteiger partial charge in [0.1, 0.15) is 10.2 Å². The van der Waals surface area contributed by atoms with Crippen molar-refractivity contribution in [3.8, 4) is 0 Å². The summed E-state index contributed by atoms with van der Waals surface area (Å²) in [4.78, 5) is 25.8. The Balaban J connectivity index is 1.51. The first-order chi connectivity index (χ1) is 16.4. The highest BCUT2D eigenvalue weighted by Gasteiger charge is 2.67. The molecule has 1 aliphatic rings. The van der Waals surface area contributed by atoms with Gasteiger partial charge in [-0.2, -0.15) is 0 Å². The maximum Gasteiger partial charge on any atom is 0.257 e. The lowest BCUT2D eigenvalue weighted by Gasteiger charge is -2.12. The van der Waals surface area contributed by atoms with E-state index in [0.29, 0.717) is 26.9 Å². The molecule has 0 saturated heterocycles. The van der Waals surface area contributed by atoms with Gasteiger partial charge in [0.2, 0.25) is 5.91 Å². The predicted molar refractivity (Wildman–Crippen MR) is 141 cm³/mol. The summed E-state index contributed by atoms with van der Waals surface area (Å²) in [6.45, 7) is 1.62. The standard InChI is InChI=1S/C24H17Cl5FN3O2/c1-10-6-13(9-18(30)21(10)31)33-22(34)14-8-12(3-5-15(14)25)32-23(35)20-19(24(20,28)29)11-2-4-16(26)17(27)7-11/h2-9,19-20H,31H2,1H3,(H,32,35)(H,33,34). The third kappa shape index (κ3) is 5.18. The number of amides is 2. The summed E-state index contributed by atoms with van der Waals surface area (Å²) in [7, 11) is 0. The number of rotatable bonds is 5. The lowest BCUT2D eigenvalue weighted by atomic mass is 10.1. The van der Waals surface area contributed by atoms with Gasteiger partial charge >= 0.3 is 0 Å². The molecule has 5 nitrogen and oxygen atoms in total. The van der Waals surface area contributed by atoms with Crippen LogP contribution in [0.25, 0.3) is 0 Å². The third-order valence-electron chi connectivity index (χ3n) is 5.71. The molecule has 2 atom stereocenters. The van der Waals surface area contributed by atoms with Gasteiger partial charge < -0.3 is 16.4 Å². The molecule has 4 N–H and O–H groups in total. The normalized spacial score (nSPS) is 18.1. The second-order valence-electron chi connectivity index (χ2n) is 8.13. The van der Waals surface area contributed by atoms with E-state index in [9.17, 15) is 14.0 Å². The van der Waals surface area contributed by atoms with Gasteiger partial charge in [-0.1, -0.05) is 40.9 Å². The molecule has 2 amide bonds. The minimum atomic E-state index is -1.34. The zero-order valence-corrected chi connectivity index (χ0v) is 21.7. The van der Waals surface area contributed by atoms with Crippen molar-refractivity contribution in [3.63, 3.8) is 0 Å². The van der Waals surface area contributed by atoms with E-state index < -0.39 is 33.8 Å². The fraction of sp³-hybridized carbons (Fsp3) is 0.167. The zero-order valence-electron chi connectivity index (χ0n) is 17.9. The summed E-state index contributed by atoms with van der Waals surface area (Å²) >= 11 is 31.0. The number of carbonyl (C=O) groups is 2. The minimum Gasteiger partial charge on any atom is -0.396 e. The maximum absolute atomic E-state index is 13.9. The Morgan fingerprint density at radius 3 is 2.26 bits per heavy atom. The van der Waals surface area contributed by atoms with Gasteiger partial charge in [-0.15, -0.1) is 23.2 Å². The molecule has 1 fully saturated rings. The fourth-order valence-electron chi connectivity index (χ4n) is 3.80. The zero-order chi connectivity index (χ0) is 25.7. The van der Waals surface area contributed by atoms with Crippen LogP contribution in [-0.2, 0) is 4.79 Å². The van der Waals surface area contributed by atoms with E-state index in [1.807, 2.05) is 0 Å². The van der Waals surface area contributed by atoms with E-state index in [2.05, 4.69) is 10.6 Å². The van der Waals surface area contributed by atoms with E-state index in [4.69, 9.17) is 63.7 Å². The number of hydrogen-bond acceptors (Lipinski definition) is 3. The lowest BCUT2D eigenvalue weighted by molar-refractivity contribution is -0.117. The van der Waals surface area contributed by atoms with Crippen LogP contribution in [0.2, 0.25) is 15.1 Å². The summed E-state index contributed by atoms with van der Waals surface area (Å²) < 4.78 is 12.6. The number of benzene rings is 3. The van der Waals surface area contributed by atoms with E-state index in [0.717, 1.165) is 6.07 Å². The molecule has 182 valence electrons. The Morgan fingerprint density at radius 1 is 0.914 bits per heavy atom. The van der Waals surface area contributed by atoms with Gasteiger partial charge in [-0.3, -0.25) is 9.59 Å². The molecule has 4 rings (SSSR count). The SMILES string of the molecule is Cc1cc(NC(=O)c2cc(NC(=O)C3C(c4ccc(Cl)c(Cl)c4)C3(Cl)Cl)ccc2Cl)cc(F)c1N. The second kappa shape index (κ2) is 9.68. The quantitative estimate of drug-likeness (QED) is 0.218. The number of carbonyl (C=O) groups excluding carboxylic acids is 2. The van der Waals surface area contributed by atoms with Crippen molar-refractivity contribution in [2.75, 3.05) is 16.4 Å².